The molecule has 1 aliphatic heterocycles. The second kappa shape index (κ2) is 5.38. The highest BCUT2D eigenvalue weighted by Gasteiger charge is 2.24. The standard InChI is InChI=1S/C14H18FNO2/c1-10-7-13(15)3-4-14(10)18-9-12-5-6-16(8-12)11(2)17/h3-4,7,12H,5-6,8-9H2,1-2H3. The zero-order chi connectivity index (χ0) is 13.1. The molecule has 0 saturated carbocycles. The molecule has 0 bridgehead atoms. The number of carbonyl (C=O) groups excluding carboxylic acids is 1. The Morgan fingerprint density at radius 2 is 2.33 bits per heavy atom. The van der Waals surface area contributed by atoms with Gasteiger partial charge in [-0.15, -0.1) is 0 Å². The van der Waals surface area contributed by atoms with Crippen LogP contribution in [0.2, 0.25) is 0 Å². The molecule has 18 heavy (non-hydrogen) atoms. The normalized spacial score (nSPS) is 19.1. The first kappa shape index (κ1) is 12.9. The van der Waals surface area contributed by atoms with E-state index in [0.717, 1.165) is 30.8 Å². The molecule has 1 saturated heterocycles. The number of hydrogen-bond acceptors (Lipinski definition) is 2. The van der Waals surface area contributed by atoms with Crippen LogP contribution in [0.1, 0.15) is 18.9 Å². The third-order valence-electron chi connectivity index (χ3n) is 3.34. The van der Waals surface area contributed by atoms with E-state index in [9.17, 15) is 9.18 Å². The molecule has 3 nitrogen and oxygen atoms in total. The van der Waals surface area contributed by atoms with Gasteiger partial charge in [0.15, 0.2) is 0 Å². The fourth-order valence-electron chi connectivity index (χ4n) is 2.24. The molecular formula is C14H18FNO2. The number of hydrogen-bond donors (Lipinski definition) is 0. The maximum absolute atomic E-state index is 12.9. The summed E-state index contributed by atoms with van der Waals surface area (Å²) in [6, 6.07) is 4.52. The highest BCUT2D eigenvalue weighted by Crippen LogP contribution is 2.22. The predicted octanol–water partition coefficient (Wildman–Crippen LogP) is 2.38. The van der Waals surface area contributed by atoms with Crippen molar-refractivity contribution in [3.05, 3.63) is 29.6 Å². The highest BCUT2D eigenvalue weighted by atomic mass is 19.1. The van der Waals surface area contributed by atoms with Crippen molar-refractivity contribution in [1.29, 1.82) is 0 Å². The number of halogens is 1. The zero-order valence-corrected chi connectivity index (χ0v) is 10.8. The lowest BCUT2D eigenvalue weighted by Gasteiger charge is -2.15. The van der Waals surface area contributed by atoms with Gasteiger partial charge in [-0.05, 0) is 37.1 Å². The van der Waals surface area contributed by atoms with Crippen LogP contribution in [0.25, 0.3) is 0 Å². The molecule has 1 aromatic carbocycles. The maximum Gasteiger partial charge on any atom is 0.219 e. The Labute approximate surface area is 107 Å². The minimum absolute atomic E-state index is 0.121. The smallest absolute Gasteiger partial charge is 0.219 e. The summed E-state index contributed by atoms with van der Waals surface area (Å²) < 4.78 is 18.6. The first-order valence-corrected chi connectivity index (χ1v) is 6.20. The van der Waals surface area contributed by atoms with Gasteiger partial charge in [0, 0.05) is 25.9 Å². The molecule has 98 valence electrons. The van der Waals surface area contributed by atoms with E-state index in [4.69, 9.17) is 4.74 Å². The highest BCUT2D eigenvalue weighted by molar-refractivity contribution is 5.73. The first-order chi connectivity index (χ1) is 8.56. The van der Waals surface area contributed by atoms with Crippen LogP contribution in [0.3, 0.4) is 0 Å². The summed E-state index contributed by atoms with van der Waals surface area (Å²) in [6.45, 7) is 5.57. The van der Waals surface area contributed by atoms with E-state index in [2.05, 4.69) is 0 Å². The number of carbonyl (C=O) groups is 1. The quantitative estimate of drug-likeness (QED) is 0.825. The lowest BCUT2D eigenvalue weighted by Crippen LogP contribution is -2.26. The number of amides is 1. The lowest BCUT2D eigenvalue weighted by atomic mass is 10.1. The zero-order valence-electron chi connectivity index (χ0n) is 10.8. The fourth-order valence-corrected chi connectivity index (χ4v) is 2.24. The molecule has 0 N–H and O–H groups in total. The topological polar surface area (TPSA) is 29.5 Å². The molecule has 1 aromatic rings. The van der Waals surface area contributed by atoms with Gasteiger partial charge >= 0.3 is 0 Å². The second-order valence-corrected chi connectivity index (χ2v) is 4.84. The van der Waals surface area contributed by atoms with E-state index < -0.39 is 0 Å². The van der Waals surface area contributed by atoms with Crippen LogP contribution in [-0.2, 0) is 4.79 Å². The van der Waals surface area contributed by atoms with Gasteiger partial charge in [0.1, 0.15) is 11.6 Å². The Kier molecular flexibility index (Phi) is 3.84. The molecule has 1 amide bonds. The van der Waals surface area contributed by atoms with Gasteiger partial charge < -0.3 is 9.64 Å². The lowest BCUT2D eigenvalue weighted by molar-refractivity contribution is -0.127. The average molecular weight is 251 g/mol. The third-order valence-corrected chi connectivity index (χ3v) is 3.34. The monoisotopic (exact) mass is 251 g/mol. The molecule has 1 aliphatic rings. The van der Waals surface area contributed by atoms with Gasteiger partial charge in [0.25, 0.3) is 0 Å². The van der Waals surface area contributed by atoms with Crippen molar-refractivity contribution < 1.29 is 13.9 Å². The van der Waals surface area contributed by atoms with Gasteiger partial charge in [-0.2, -0.15) is 0 Å². The van der Waals surface area contributed by atoms with E-state index in [1.807, 2.05) is 11.8 Å². The van der Waals surface area contributed by atoms with E-state index in [1.54, 1.807) is 13.0 Å². The Balaban J connectivity index is 1.87. The van der Waals surface area contributed by atoms with Gasteiger partial charge in [-0.25, -0.2) is 4.39 Å². The Bertz CT molecular complexity index is 447. The van der Waals surface area contributed by atoms with E-state index in [-0.39, 0.29) is 11.7 Å². The van der Waals surface area contributed by atoms with Gasteiger partial charge in [0.05, 0.1) is 6.61 Å². The van der Waals surface area contributed by atoms with Crippen LogP contribution in [0.15, 0.2) is 18.2 Å². The number of rotatable bonds is 3. The van der Waals surface area contributed by atoms with Crippen molar-refractivity contribution in [3.8, 4) is 5.75 Å². The molecule has 1 unspecified atom stereocenters. The van der Waals surface area contributed by atoms with E-state index in [0.29, 0.717) is 12.5 Å². The molecule has 0 spiro atoms. The molecular weight excluding hydrogens is 233 g/mol. The minimum Gasteiger partial charge on any atom is -0.493 e. The van der Waals surface area contributed by atoms with Crippen LogP contribution in [0.4, 0.5) is 4.39 Å². The number of benzene rings is 1. The van der Waals surface area contributed by atoms with E-state index in [1.165, 1.54) is 12.1 Å². The van der Waals surface area contributed by atoms with Crippen molar-refractivity contribution in [1.82, 2.24) is 4.90 Å². The van der Waals surface area contributed by atoms with Crippen LogP contribution in [-0.4, -0.2) is 30.5 Å². The molecule has 0 radical (unpaired) electrons. The van der Waals surface area contributed by atoms with Crippen LogP contribution >= 0.6 is 0 Å². The molecule has 2 rings (SSSR count). The van der Waals surface area contributed by atoms with Gasteiger partial charge in [0.2, 0.25) is 5.91 Å². The second-order valence-electron chi connectivity index (χ2n) is 4.84. The summed E-state index contributed by atoms with van der Waals surface area (Å²) in [6.07, 6.45) is 0.972. The summed E-state index contributed by atoms with van der Waals surface area (Å²) >= 11 is 0. The summed E-state index contributed by atoms with van der Waals surface area (Å²) in [5.41, 5.74) is 0.802. The fraction of sp³-hybridized carbons (Fsp3) is 0.500. The van der Waals surface area contributed by atoms with Gasteiger partial charge in [-0.3, -0.25) is 4.79 Å². The van der Waals surface area contributed by atoms with Crippen molar-refractivity contribution in [2.45, 2.75) is 20.3 Å². The van der Waals surface area contributed by atoms with Crippen LogP contribution in [0, 0.1) is 18.7 Å². The molecule has 0 aromatic heterocycles. The number of likely N-dealkylation sites (tertiary alicyclic amines) is 1. The number of nitrogens with zero attached hydrogens (tertiary/aromatic N) is 1. The largest absolute Gasteiger partial charge is 0.493 e. The van der Waals surface area contributed by atoms with Crippen molar-refractivity contribution in [2.75, 3.05) is 19.7 Å². The SMILES string of the molecule is CC(=O)N1CCC(COc2ccc(F)cc2C)C1. The first-order valence-electron chi connectivity index (χ1n) is 6.20. The minimum atomic E-state index is -0.247. The molecule has 1 heterocycles. The Morgan fingerprint density at radius 3 is 2.94 bits per heavy atom. The summed E-state index contributed by atoms with van der Waals surface area (Å²) in [5, 5.41) is 0. The summed E-state index contributed by atoms with van der Waals surface area (Å²) in [4.78, 5) is 13.0. The molecule has 1 fully saturated rings. The van der Waals surface area contributed by atoms with Crippen molar-refractivity contribution >= 4 is 5.91 Å². The maximum atomic E-state index is 12.9. The average Bonchev–Trinajstić information content (AvgIpc) is 2.76. The Hall–Kier alpha value is -1.58. The van der Waals surface area contributed by atoms with Crippen molar-refractivity contribution in [3.63, 3.8) is 0 Å². The third kappa shape index (κ3) is 3.00. The van der Waals surface area contributed by atoms with Crippen LogP contribution in [0.5, 0.6) is 5.75 Å². The predicted molar refractivity (Wildman–Crippen MR) is 67.0 cm³/mol. The molecule has 1 atom stereocenters. The van der Waals surface area contributed by atoms with Crippen LogP contribution < -0.4 is 4.74 Å². The summed E-state index contributed by atoms with van der Waals surface area (Å²) in [5.74, 6) is 0.968. The van der Waals surface area contributed by atoms with Gasteiger partial charge in [-0.1, -0.05) is 0 Å². The Morgan fingerprint density at radius 1 is 1.56 bits per heavy atom. The molecule has 0 aliphatic carbocycles. The van der Waals surface area contributed by atoms with Crippen molar-refractivity contribution in [2.24, 2.45) is 5.92 Å². The summed E-state index contributed by atoms with van der Waals surface area (Å²) in [7, 11) is 0. The molecule has 4 heteroatoms. The number of aryl methyl sites for hydroxylation is 1. The van der Waals surface area contributed by atoms with E-state index >= 15 is 0 Å². The number of ether oxygens (including phenoxy) is 1.